The number of benzene rings is 4. The molecule has 1 aromatic heterocycles. The summed E-state index contributed by atoms with van der Waals surface area (Å²) in [7, 11) is -5.39. The van der Waals surface area contributed by atoms with Crippen LogP contribution >= 0.6 is 7.82 Å². The van der Waals surface area contributed by atoms with E-state index in [4.69, 9.17) is 24.2 Å². The van der Waals surface area contributed by atoms with Gasteiger partial charge in [-0.15, -0.1) is 0 Å². The Morgan fingerprint density at radius 3 is 1.40 bits per heavy atom. The summed E-state index contributed by atoms with van der Waals surface area (Å²) < 4.78 is 8.55. The average molecular weight is 895 g/mol. The number of unbranched alkanes of at least 4 members (excludes halogenated alkanes) is 2. The molecule has 52 heavy (non-hydrogen) atoms. The molecule has 0 radical (unpaired) electrons. The van der Waals surface area contributed by atoms with Gasteiger partial charge in [0.25, 0.3) is 0 Å². The first-order valence-electron chi connectivity index (χ1n) is 18.2. The molecule has 0 aliphatic heterocycles. The van der Waals surface area contributed by atoms with Gasteiger partial charge in [0, 0.05) is 28.5 Å². The predicted molar refractivity (Wildman–Crippen MR) is 208 cm³/mol. The summed E-state index contributed by atoms with van der Waals surface area (Å²) in [5.74, 6) is 0. The van der Waals surface area contributed by atoms with E-state index >= 15 is 0 Å². The number of aromatic nitrogens is 1. The van der Waals surface area contributed by atoms with Crippen molar-refractivity contribution in [1.29, 1.82) is 0 Å². The van der Waals surface area contributed by atoms with Crippen molar-refractivity contribution in [3.63, 3.8) is 0 Å². The van der Waals surface area contributed by atoms with E-state index in [2.05, 4.69) is 159 Å². The van der Waals surface area contributed by atoms with E-state index in [1.54, 1.807) is 0 Å². The van der Waals surface area contributed by atoms with Crippen LogP contribution in [0.3, 0.4) is 0 Å². The maximum absolute atomic E-state index is 8.55. The van der Waals surface area contributed by atoms with Gasteiger partial charge in [0.05, 0.1) is 5.69 Å². The molecule has 5 nitrogen and oxygen atoms in total. The fourth-order valence-electron chi connectivity index (χ4n) is 6.48. The Hall–Kier alpha value is -3.21. The van der Waals surface area contributed by atoms with E-state index in [9.17, 15) is 0 Å². The molecule has 0 aliphatic rings. The van der Waals surface area contributed by atoms with Crippen LogP contribution in [0, 0.1) is 0 Å². The molecule has 0 amide bonds. The second-order valence-electron chi connectivity index (χ2n) is 15.4. The minimum Gasteiger partial charge on any atom is -0.822 e. The number of phosphoric acid groups is 1. The summed E-state index contributed by atoms with van der Waals surface area (Å²) in [5.41, 5.74) is 15.4. The smallest absolute Gasteiger partial charge is 0.822 e. The van der Waals surface area contributed by atoms with E-state index < -0.39 is 7.82 Å². The largest absolute Gasteiger partial charge is 3.00 e. The summed E-state index contributed by atoms with van der Waals surface area (Å²) in [4.78, 5) is 31.0. The number of hydrogen-bond acceptors (Lipinski definition) is 5. The number of pyridine rings is 1. The fourth-order valence-corrected chi connectivity index (χ4v) is 6.48. The topological polar surface area (TPSA) is 99.1 Å². The SMILES string of the molecule is CCCCc1ccccc1-c1cnc(-c2ccc(C(C)(C)C)cc2)c(-c2ccc(C(C)(C)C)cc2)c1-c1ccccc1CCCC.O=P([O-])([O-])[O-].[Ir+3]. The van der Waals surface area contributed by atoms with Gasteiger partial charge in [0.15, 0.2) is 0 Å². The van der Waals surface area contributed by atoms with Crippen molar-refractivity contribution in [2.45, 2.75) is 105 Å². The Balaban J connectivity index is 0.00000114. The summed E-state index contributed by atoms with van der Waals surface area (Å²) in [6.45, 7) is 18.2. The van der Waals surface area contributed by atoms with Crippen molar-refractivity contribution in [2.75, 3.05) is 0 Å². The van der Waals surface area contributed by atoms with Gasteiger partial charge in [-0.25, -0.2) is 0 Å². The molecule has 0 fully saturated rings. The van der Waals surface area contributed by atoms with Gasteiger partial charge in [-0.1, -0.05) is 165 Å². The van der Waals surface area contributed by atoms with Crippen LogP contribution < -0.4 is 14.7 Å². The minimum atomic E-state index is -5.39. The predicted octanol–water partition coefficient (Wildman–Crippen LogP) is 10.2. The van der Waals surface area contributed by atoms with E-state index in [1.807, 2.05) is 0 Å². The zero-order valence-corrected chi connectivity index (χ0v) is 35.2. The van der Waals surface area contributed by atoms with Crippen LogP contribution in [0.2, 0.25) is 0 Å². The summed E-state index contributed by atoms with van der Waals surface area (Å²) in [5, 5.41) is 0. The van der Waals surface area contributed by atoms with Gasteiger partial charge >= 0.3 is 20.1 Å². The molecule has 7 heteroatoms. The number of hydrogen-bond donors (Lipinski definition) is 0. The molecular formula is C45H53IrNO4P. The molecule has 1 heterocycles. The first-order chi connectivity index (χ1) is 24.0. The molecule has 276 valence electrons. The normalized spacial score (nSPS) is 11.8. The summed E-state index contributed by atoms with van der Waals surface area (Å²) in [6.07, 6.45) is 8.97. The van der Waals surface area contributed by atoms with Gasteiger partial charge in [0.1, 0.15) is 0 Å². The molecule has 5 rings (SSSR count). The summed E-state index contributed by atoms with van der Waals surface area (Å²) in [6, 6.07) is 36.5. The minimum absolute atomic E-state index is 0. The molecule has 0 bridgehead atoms. The van der Waals surface area contributed by atoms with Crippen molar-refractivity contribution in [3.8, 4) is 44.6 Å². The average Bonchev–Trinajstić information content (AvgIpc) is 3.08. The zero-order chi connectivity index (χ0) is 37.4. The van der Waals surface area contributed by atoms with Gasteiger partial charge in [-0.2, -0.15) is 7.82 Å². The molecule has 0 aliphatic carbocycles. The van der Waals surface area contributed by atoms with Crippen LogP contribution in [0.5, 0.6) is 0 Å². The van der Waals surface area contributed by atoms with Crippen LogP contribution in [0.1, 0.15) is 103 Å². The molecule has 0 spiro atoms. The second kappa shape index (κ2) is 18.7. The number of nitrogens with zero attached hydrogens (tertiary/aromatic N) is 1. The quantitative estimate of drug-likeness (QED) is 0.130. The van der Waals surface area contributed by atoms with E-state index in [0.717, 1.165) is 24.1 Å². The fraction of sp³-hybridized carbons (Fsp3) is 0.356. The number of aryl methyl sites for hydroxylation is 2. The monoisotopic (exact) mass is 895 g/mol. The molecular weight excluding hydrogens is 842 g/mol. The number of rotatable bonds is 10. The van der Waals surface area contributed by atoms with Crippen LogP contribution in [0.15, 0.2) is 103 Å². The Labute approximate surface area is 325 Å². The van der Waals surface area contributed by atoms with Gasteiger partial charge in [0.2, 0.25) is 0 Å². The van der Waals surface area contributed by atoms with Gasteiger partial charge in [-0.05, 0) is 75.5 Å². The van der Waals surface area contributed by atoms with Crippen molar-refractivity contribution in [3.05, 3.63) is 126 Å². The van der Waals surface area contributed by atoms with Crippen LogP contribution in [0.25, 0.3) is 44.6 Å². The van der Waals surface area contributed by atoms with Crippen LogP contribution in [-0.2, 0) is 48.3 Å². The summed E-state index contributed by atoms with van der Waals surface area (Å²) >= 11 is 0. The third-order valence-electron chi connectivity index (χ3n) is 9.34. The molecule has 5 aromatic rings. The first-order valence-corrected chi connectivity index (χ1v) is 19.6. The van der Waals surface area contributed by atoms with E-state index in [0.29, 0.717) is 0 Å². The van der Waals surface area contributed by atoms with Crippen molar-refractivity contribution >= 4 is 7.82 Å². The third-order valence-corrected chi connectivity index (χ3v) is 9.34. The first kappa shape index (κ1) is 43.2. The van der Waals surface area contributed by atoms with Crippen molar-refractivity contribution < 1.29 is 39.4 Å². The van der Waals surface area contributed by atoms with E-state index in [1.165, 1.54) is 81.3 Å². The molecule has 0 saturated carbocycles. The Morgan fingerprint density at radius 2 is 0.962 bits per heavy atom. The van der Waals surface area contributed by atoms with Crippen molar-refractivity contribution in [2.24, 2.45) is 0 Å². The molecule has 0 atom stereocenters. The zero-order valence-electron chi connectivity index (χ0n) is 31.9. The van der Waals surface area contributed by atoms with Crippen molar-refractivity contribution in [1.82, 2.24) is 4.98 Å². The standard InChI is InChI=1S/C45H53N.Ir.H3O4P/c1-9-11-17-32-19-13-15-21-38(32)40-31-46-43(35-25-29-37(30-26-35)45(6,7)8)41(34-23-27-36(28-24-34)44(3,4)5)42(40)39-22-16-14-20-33(39)18-12-10-2;;1-5(2,3)4/h13-16,19-31H,9-12,17-18H2,1-8H3;;(H3,1,2,3,4)/q;+3;/p-3. The Bertz CT molecular complexity index is 1930. The maximum atomic E-state index is 8.55. The third kappa shape index (κ3) is 11.6. The second-order valence-corrected chi connectivity index (χ2v) is 16.3. The van der Waals surface area contributed by atoms with E-state index in [-0.39, 0.29) is 30.9 Å². The Kier molecular flexibility index (Phi) is 15.5. The molecule has 0 N–H and O–H groups in total. The van der Waals surface area contributed by atoms with Gasteiger partial charge < -0.3 is 19.2 Å². The van der Waals surface area contributed by atoms with Crippen LogP contribution in [0.4, 0.5) is 0 Å². The van der Waals surface area contributed by atoms with Gasteiger partial charge in [-0.3, -0.25) is 4.98 Å². The molecule has 0 unspecified atom stereocenters. The molecule has 0 saturated heterocycles. The van der Waals surface area contributed by atoms with Crippen LogP contribution in [-0.4, -0.2) is 4.98 Å². The molecule has 4 aromatic carbocycles. The Morgan fingerprint density at radius 1 is 0.558 bits per heavy atom. The maximum Gasteiger partial charge on any atom is 3.00 e.